The minimum atomic E-state index is -1.87. The van der Waals surface area contributed by atoms with Gasteiger partial charge in [0.2, 0.25) is 0 Å². The number of aromatic hydroxyl groups is 3. The molecule has 0 spiro atoms. The van der Waals surface area contributed by atoms with Gasteiger partial charge in [-0.05, 0) is 119 Å². The predicted molar refractivity (Wildman–Crippen MR) is 224 cm³/mol. The molecule has 1 aromatic heterocycles. The molecule has 0 aliphatic rings. The van der Waals surface area contributed by atoms with Gasteiger partial charge in [-0.2, -0.15) is 0 Å². The summed E-state index contributed by atoms with van der Waals surface area (Å²) >= 11 is 0. The molecule has 0 aliphatic carbocycles. The van der Waals surface area contributed by atoms with Crippen molar-refractivity contribution in [2.75, 3.05) is 0 Å². The molecule has 0 bridgehead atoms. The van der Waals surface area contributed by atoms with Gasteiger partial charge in [0.15, 0.2) is 0 Å². The van der Waals surface area contributed by atoms with Crippen molar-refractivity contribution in [2.24, 2.45) is 0 Å². The molecule has 0 atom stereocenters. The lowest BCUT2D eigenvalue weighted by Crippen LogP contribution is -2.55. The van der Waals surface area contributed by atoms with Crippen molar-refractivity contribution in [1.82, 2.24) is 14.5 Å². The maximum absolute atomic E-state index is 14.7. The zero-order valence-electron chi connectivity index (χ0n) is 36.5. The van der Waals surface area contributed by atoms with Crippen LogP contribution >= 0.6 is 0 Å². The summed E-state index contributed by atoms with van der Waals surface area (Å²) in [5.41, 5.74) is -3.48. The van der Waals surface area contributed by atoms with E-state index in [2.05, 4.69) is 9.97 Å². The summed E-state index contributed by atoms with van der Waals surface area (Å²) in [7, 11) is 0. The van der Waals surface area contributed by atoms with Crippen LogP contribution in [0.15, 0.2) is 50.8 Å². The molecular weight excluding hydrogens is 691 g/mol. The Balaban J connectivity index is 2.66. The van der Waals surface area contributed by atoms with Crippen LogP contribution in [0.3, 0.4) is 0 Å². The van der Waals surface area contributed by atoms with Gasteiger partial charge in [-0.25, -0.2) is 19.0 Å². The van der Waals surface area contributed by atoms with Crippen molar-refractivity contribution >= 4 is 0 Å². The fraction of sp³-hybridized carbons (Fsp3) is 0.543. The Hall–Kier alpha value is -4.53. The number of hydrogen-bond acceptors (Lipinski definition) is 6. The third-order valence-electron chi connectivity index (χ3n) is 10.6. The molecule has 4 aromatic rings. The molecule has 3 aromatic carbocycles. The van der Waals surface area contributed by atoms with Gasteiger partial charge in [-0.15, -0.1) is 0 Å². The van der Waals surface area contributed by atoms with E-state index >= 15 is 0 Å². The maximum Gasteiger partial charge on any atom is 0.335 e. The quantitative estimate of drug-likeness (QED) is 0.131. The van der Waals surface area contributed by atoms with Gasteiger partial charge in [0.1, 0.15) is 22.8 Å². The zero-order valence-corrected chi connectivity index (χ0v) is 36.5. The Labute approximate surface area is 326 Å². The van der Waals surface area contributed by atoms with Gasteiger partial charge in [0.05, 0.1) is 0 Å². The van der Waals surface area contributed by atoms with Gasteiger partial charge in [-0.1, -0.05) is 125 Å². The summed E-state index contributed by atoms with van der Waals surface area (Å²) in [6.07, 6.45) is 0. The van der Waals surface area contributed by atoms with E-state index in [1.807, 2.05) is 161 Å². The standard InChI is InChI=1S/C46H65N3O6/c1-40(2,3)28-19-25(20-29(34(28)50)41(4,5)6)46(49-38(54)47-37(53)48-39(49)55,26-21-30(42(7,8)9)35(51)31(22-26)43(10,11)12)27-23-32(44(13,14)15)36(52)33(24-27)45(16,17)18/h19-24,50-52H,1-18H3,(H2,47,48,53,54,55). The van der Waals surface area contributed by atoms with E-state index in [-0.39, 0.29) is 17.2 Å². The number of phenols is 3. The second kappa shape index (κ2) is 13.3. The summed E-state index contributed by atoms with van der Waals surface area (Å²) < 4.78 is 1.05. The Morgan fingerprint density at radius 2 is 0.564 bits per heavy atom. The molecule has 0 radical (unpaired) electrons. The van der Waals surface area contributed by atoms with Crippen LogP contribution in [0.1, 0.15) is 175 Å². The fourth-order valence-electron chi connectivity index (χ4n) is 7.58. The Morgan fingerprint density at radius 1 is 0.382 bits per heavy atom. The second-order valence-corrected chi connectivity index (χ2v) is 21.5. The number of H-pyrrole nitrogens is 2. The van der Waals surface area contributed by atoms with E-state index in [1.165, 1.54) is 0 Å². The summed E-state index contributed by atoms with van der Waals surface area (Å²) in [5.74, 6) is 0.315. The van der Waals surface area contributed by atoms with Crippen LogP contribution < -0.4 is 17.1 Å². The number of hydrogen-bond donors (Lipinski definition) is 5. The molecular formula is C46H65N3O6. The van der Waals surface area contributed by atoms with Gasteiger partial charge in [-0.3, -0.25) is 9.97 Å². The van der Waals surface area contributed by atoms with E-state index in [0.29, 0.717) is 50.1 Å². The van der Waals surface area contributed by atoms with Crippen LogP contribution in [0.2, 0.25) is 0 Å². The number of aromatic amines is 2. The van der Waals surface area contributed by atoms with Gasteiger partial charge in [0, 0.05) is 0 Å². The van der Waals surface area contributed by atoms with Crippen molar-refractivity contribution < 1.29 is 15.3 Å². The van der Waals surface area contributed by atoms with Crippen molar-refractivity contribution in [1.29, 1.82) is 0 Å². The average Bonchev–Trinajstić information content (AvgIpc) is 2.96. The molecule has 0 amide bonds. The van der Waals surface area contributed by atoms with Crippen molar-refractivity contribution in [3.05, 3.63) is 118 Å². The first kappa shape index (κ1) is 43.2. The zero-order chi connectivity index (χ0) is 42.4. The number of benzene rings is 3. The number of nitrogens with one attached hydrogen (secondary N) is 2. The van der Waals surface area contributed by atoms with Crippen molar-refractivity contribution in [3.8, 4) is 17.2 Å². The highest BCUT2D eigenvalue weighted by molar-refractivity contribution is 5.64. The lowest BCUT2D eigenvalue weighted by molar-refractivity contribution is 0.406. The molecule has 1 heterocycles. The average molecular weight is 756 g/mol. The van der Waals surface area contributed by atoms with Crippen LogP contribution in [0, 0.1) is 0 Å². The molecule has 300 valence electrons. The molecule has 0 unspecified atom stereocenters. The number of aromatic nitrogens is 3. The lowest BCUT2D eigenvalue weighted by atomic mass is 9.67. The number of phenolic OH excluding ortho intramolecular Hbond substituents is 3. The molecule has 9 nitrogen and oxygen atoms in total. The third-order valence-corrected chi connectivity index (χ3v) is 10.6. The summed E-state index contributed by atoms with van der Waals surface area (Å²) in [5, 5.41) is 36.1. The first-order valence-corrected chi connectivity index (χ1v) is 19.2. The molecule has 0 aliphatic heterocycles. The van der Waals surface area contributed by atoms with Crippen LogP contribution in [-0.4, -0.2) is 29.9 Å². The van der Waals surface area contributed by atoms with E-state index in [4.69, 9.17) is 0 Å². The normalized spacial score (nSPS) is 13.7. The molecule has 55 heavy (non-hydrogen) atoms. The Bertz CT molecular complexity index is 1980. The van der Waals surface area contributed by atoms with Gasteiger partial charge < -0.3 is 15.3 Å². The van der Waals surface area contributed by atoms with Crippen LogP contribution in [-0.2, 0) is 38.0 Å². The minimum absolute atomic E-state index is 0.105. The first-order valence-electron chi connectivity index (χ1n) is 19.2. The highest BCUT2D eigenvalue weighted by atomic mass is 16.3. The summed E-state index contributed by atoms with van der Waals surface area (Å²) in [6.45, 7) is 35.8. The van der Waals surface area contributed by atoms with Crippen LogP contribution in [0.5, 0.6) is 17.2 Å². The number of rotatable bonds is 4. The molecule has 9 heteroatoms. The maximum atomic E-state index is 14.7. The SMILES string of the molecule is CC(C)(C)c1cc(C(c2cc(C(C)(C)C)c(O)c(C(C)(C)C)c2)(c2cc(C(C)(C)C)c(O)c(C(C)(C)C)c2)n2c(=O)[nH]c(=O)[nH]c2=O)cc(C(C)(C)C)c1O. The summed E-state index contributed by atoms with van der Waals surface area (Å²) in [4.78, 5) is 46.8. The lowest BCUT2D eigenvalue weighted by Gasteiger charge is -2.41. The Kier molecular flexibility index (Phi) is 10.4. The Morgan fingerprint density at radius 3 is 0.727 bits per heavy atom. The van der Waals surface area contributed by atoms with Crippen LogP contribution in [0.25, 0.3) is 0 Å². The molecule has 0 saturated heterocycles. The fourth-order valence-corrected chi connectivity index (χ4v) is 7.58. The topological polar surface area (TPSA) is 148 Å². The highest BCUT2D eigenvalue weighted by Gasteiger charge is 2.47. The van der Waals surface area contributed by atoms with E-state index in [1.54, 1.807) is 0 Å². The largest absolute Gasteiger partial charge is 0.507 e. The monoisotopic (exact) mass is 755 g/mol. The third kappa shape index (κ3) is 7.81. The first-order chi connectivity index (χ1) is 24.5. The predicted octanol–water partition coefficient (Wildman–Crippen LogP) is 8.97. The van der Waals surface area contributed by atoms with Gasteiger partial charge >= 0.3 is 17.1 Å². The smallest absolute Gasteiger partial charge is 0.335 e. The van der Waals surface area contributed by atoms with Gasteiger partial charge in [0.25, 0.3) is 0 Å². The van der Waals surface area contributed by atoms with E-state index in [0.717, 1.165) is 4.57 Å². The molecule has 0 saturated carbocycles. The molecule has 0 fully saturated rings. The van der Waals surface area contributed by atoms with Crippen LogP contribution in [0.4, 0.5) is 0 Å². The highest BCUT2D eigenvalue weighted by Crippen LogP contribution is 2.52. The van der Waals surface area contributed by atoms with Crippen molar-refractivity contribution in [2.45, 2.75) is 163 Å². The minimum Gasteiger partial charge on any atom is -0.507 e. The summed E-state index contributed by atoms with van der Waals surface area (Å²) in [6, 6.07) is 11.1. The molecule has 4 rings (SSSR count). The van der Waals surface area contributed by atoms with E-state index in [9.17, 15) is 29.7 Å². The second-order valence-electron chi connectivity index (χ2n) is 21.5. The van der Waals surface area contributed by atoms with Crippen molar-refractivity contribution in [3.63, 3.8) is 0 Å². The number of nitrogens with zero attached hydrogens (tertiary/aromatic N) is 1. The van der Waals surface area contributed by atoms with E-state index < -0.39 is 55.1 Å². The molecule has 5 N–H and O–H groups in total.